The van der Waals surface area contributed by atoms with Gasteiger partial charge < -0.3 is 19.5 Å². The van der Waals surface area contributed by atoms with Crippen molar-refractivity contribution in [2.45, 2.75) is 20.0 Å². The van der Waals surface area contributed by atoms with Gasteiger partial charge in [0.1, 0.15) is 22.2 Å². The van der Waals surface area contributed by atoms with Gasteiger partial charge in [-0.1, -0.05) is 23.2 Å². The van der Waals surface area contributed by atoms with Gasteiger partial charge in [-0.3, -0.25) is 4.79 Å². The van der Waals surface area contributed by atoms with Gasteiger partial charge in [-0.2, -0.15) is 0 Å². The standard InChI is InChI=1S/C21H18Cl2N2O4S/c1-12-20(30-19(24-12)11-29-14-5-3-13(22)4-6-14)21(26)25-16-10-18-17(9-15(16)23)27-7-2-8-28-18/h3-6,9-10H,2,7-8,11H2,1H3,(H,25,26). The van der Waals surface area contributed by atoms with Crippen molar-refractivity contribution in [2.75, 3.05) is 18.5 Å². The number of nitrogens with zero attached hydrogens (tertiary/aromatic N) is 1. The number of rotatable bonds is 5. The van der Waals surface area contributed by atoms with Crippen LogP contribution in [0.25, 0.3) is 0 Å². The Labute approximate surface area is 187 Å². The number of amides is 1. The molecule has 0 atom stereocenters. The van der Waals surface area contributed by atoms with E-state index >= 15 is 0 Å². The van der Waals surface area contributed by atoms with Crippen LogP contribution in [0.5, 0.6) is 17.2 Å². The van der Waals surface area contributed by atoms with Crippen molar-refractivity contribution in [3.05, 3.63) is 62.0 Å². The molecule has 1 N–H and O–H groups in total. The quantitative estimate of drug-likeness (QED) is 0.520. The number of hydrogen-bond acceptors (Lipinski definition) is 6. The summed E-state index contributed by atoms with van der Waals surface area (Å²) in [5.74, 6) is 1.52. The number of halogens is 2. The Morgan fingerprint density at radius 2 is 1.87 bits per heavy atom. The second kappa shape index (κ2) is 9.12. The molecule has 6 nitrogen and oxygen atoms in total. The van der Waals surface area contributed by atoms with Crippen LogP contribution in [0.2, 0.25) is 10.0 Å². The zero-order valence-electron chi connectivity index (χ0n) is 16.0. The van der Waals surface area contributed by atoms with Crippen molar-refractivity contribution in [2.24, 2.45) is 0 Å². The molecule has 0 radical (unpaired) electrons. The van der Waals surface area contributed by atoms with E-state index < -0.39 is 0 Å². The molecule has 2 heterocycles. The lowest BCUT2D eigenvalue weighted by Gasteiger charge is -2.12. The summed E-state index contributed by atoms with van der Waals surface area (Å²) in [5, 5.41) is 4.55. The number of ether oxygens (including phenoxy) is 3. The van der Waals surface area contributed by atoms with Crippen molar-refractivity contribution >= 4 is 46.1 Å². The van der Waals surface area contributed by atoms with E-state index in [1.165, 1.54) is 11.3 Å². The topological polar surface area (TPSA) is 69.7 Å². The maximum absolute atomic E-state index is 12.8. The first-order valence-electron chi connectivity index (χ1n) is 9.25. The SMILES string of the molecule is Cc1nc(COc2ccc(Cl)cc2)sc1C(=O)Nc1cc2c(cc1Cl)OCCCO2. The zero-order valence-corrected chi connectivity index (χ0v) is 18.4. The van der Waals surface area contributed by atoms with Gasteiger partial charge in [0.2, 0.25) is 0 Å². The lowest BCUT2D eigenvalue weighted by atomic mass is 10.2. The monoisotopic (exact) mass is 464 g/mol. The first kappa shape index (κ1) is 20.8. The van der Waals surface area contributed by atoms with Crippen LogP contribution >= 0.6 is 34.5 Å². The summed E-state index contributed by atoms with van der Waals surface area (Å²) in [4.78, 5) is 17.8. The summed E-state index contributed by atoms with van der Waals surface area (Å²) in [6.07, 6.45) is 0.787. The molecule has 0 unspecified atom stereocenters. The Morgan fingerprint density at radius 3 is 2.60 bits per heavy atom. The molecule has 1 aliphatic heterocycles. The van der Waals surface area contributed by atoms with Crippen LogP contribution in [0, 0.1) is 6.92 Å². The van der Waals surface area contributed by atoms with Crippen LogP contribution in [0.1, 0.15) is 26.8 Å². The Hall–Kier alpha value is -2.48. The highest BCUT2D eigenvalue weighted by molar-refractivity contribution is 7.13. The number of nitrogens with one attached hydrogen (secondary N) is 1. The van der Waals surface area contributed by atoms with Gasteiger partial charge in [-0.05, 0) is 31.2 Å². The van der Waals surface area contributed by atoms with E-state index in [0.717, 1.165) is 6.42 Å². The van der Waals surface area contributed by atoms with Crippen LogP contribution in [0.3, 0.4) is 0 Å². The van der Waals surface area contributed by atoms with E-state index in [1.54, 1.807) is 43.3 Å². The summed E-state index contributed by atoms with van der Waals surface area (Å²) < 4.78 is 17.0. The molecule has 0 aliphatic carbocycles. The highest BCUT2D eigenvalue weighted by atomic mass is 35.5. The number of fused-ring (bicyclic) bond motifs is 1. The molecule has 0 spiro atoms. The maximum Gasteiger partial charge on any atom is 0.267 e. The van der Waals surface area contributed by atoms with Gasteiger partial charge in [0.05, 0.1) is 29.6 Å². The summed E-state index contributed by atoms with van der Waals surface area (Å²) in [7, 11) is 0. The highest BCUT2D eigenvalue weighted by Gasteiger charge is 2.19. The van der Waals surface area contributed by atoms with Gasteiger partial charge >= 0.3 is 0 Å². The van der Waals surface area contributed by atoms with Crippen molar-refractivity contribution in [1.29, 1.82) is 0 Å². The molecule has 9 heteroatoms. The van der Waals surface area contributed by atoms with Crippen molar-refractivity contribution in [3.8, 4) is 17.2 Å². The third-order valence-electron chi connectivity index (χ3n) is 4.31. The van der Waals surface area contributed by atoms with Gasteiger partial charge in [0.25, 0.3) is 5.91 Å². The molecule has 0 fully saturated rings. The number of aromatic nitrogens is 1. The smallest absolute Gasteiger partial charge is 0.267 e. The van der Waals surface area contributed by atoms with Crippen molar-refractivity contribution in [3.63, 3.8) is 0 Å². The Bertz CT molecular complexity index is 1070. The molecule has 0 saturated heterocycles. The number of hydrogen-bond donors (Lipinski definition) is 1. The number of benzene rings is 2. The van der Waals surface area contributed by atoms with E-state index in [4.69, 9.17) is 37.4 Å². The molecule has 1 amide bonds. The molecule has 30 heavy (non-hydrogen) atoms. The molecule has 0 bridgehead atoms. The van der Waals surface area contributed by atoms with E-state index in [2.05, 4.69) is 10.3 Å². The number of carbonyl (C=O) groups excluding carboxylic acids is 1. The summed E-state index contributed by atoms with van der Waals surface area (Å²) in [6, 6.07) is 10.4. The number of aryl methyl sites for hydroxylation is 1. The van der Waals surface area contributed by atoms with Crippen LogP contribution in [-0.2, 0) is 6.61 Å². The van der Waals surface area contributed by atoms with Gasteiger partial charge in [0.15, 0.2) is 11.5 Å². The van der Waals surface area contributed by atoms with E-state index in [-0.39, 0.29) is 12.5 Å². The fraction of sp³-hybridized carbons (Fsp3) is 0.238. The summed E-state index contributed by atoms with van der Waals surface area (Å²) in [5.41, 5.74) is 1.08. The second-order valence-corrected chi connectivity index (χ2v) is 8.48. The third-order valence-corrected chi connectivity index (χ3v) is 6.00. The molecule has 156 valence electrons. The maximum atomic E-state index is 12.8. The number of carbonyl (C=O) groups is 1. The molecule has 4 rings (SSSR count). The van der Waals surface area contributed by atoms with Crippen LogP contribution in [0.15, 0.2) is 36.4 Å². The summed E-state index contributed by atoms with van der Waals surface area (Å²) in [6.45, 7) is 3.15. The molecule has 1 aromatic heterocycles. The molecule has 2 aromatic carbocycles. The van der Waals surface area contributed by atoms with E-state index in [1.807, 2.05) is 0 Å². The Balaban J connectivity index is 1.46. The Morgan fingerprint density at radius 1 is 1.17 bits per heavy atom. The van der Waals surface area contributed by atoms with Crippen molar-refractivity contribution < 1.29 is 19.0 Å². The molecule has 0 saturated carbocycles. The summed E-state index contributed by atoms with van der Waals surface area (Å²) >= 11 is 13.5. The molecule has 3 aromatic rings. The average Bonchev–Trinajstić information content (AvgIpc) is 2.95. The van der Waals surface area contributed by atoms with Crippen molar-refractivity contribution in [1.82, 2.24) is 4.98 Å². The van der Waals surface area contributed by atoms with E-state index in [0.29, 0.717) is 61.8 Å². The van der Waals surface area contributed by atoms with Crippen LogP contribution in [0.4, 0.5) is 5.69 Å². The second-order valence-electron chi connectivity index (χ2n) is 6.55. The van der Waals surface area contributed by atoms with Gasteiger partial charge in [-0.15, -0.1) is 11.3 Å². The molecular formula is C21H18Cl2N2O4S. The largest absolute Gasteiger partial charge is 0.490 e. The minimum atomic E-state index is -0.292. The lowest BCUT2D eigenvalue weighted by Crippen LogP contribution is -2.12. The highest BCUT2D eigenvalue weighted by Crippen LogP contribution is 2.38. The lowest BCUT2D eigenvalue weighted by molar-refractivity contribution is 0.103. The number of thiazole rings is 1. The normalized spacial score (nSPS) is 12.9. The van der Waals surface area contributed by atoms with Gasteiger partial charge in [-0.25, -0.2) is 4.98 Å². The minimum Gasteiger partial charge on any atom is -0.490 e. The predicted molar refractivity (Wildman–Crippen MR) is 118 cm³/mol. The van der Waals surface area contributed by atoms with Gasteiger partial charge in [0, 0.05) is 23.6 Å². The zero-order chi connectivity index (χ0) is 21.1. The first-order chi connectivity index (χ1) is 14.5. The third kappa shape index (κ3) is 4.80. The average molecular weight is 465 g/mol. The number of anilines is 1. The fourth-order valence-electron chi connectivity index (χ4n) is 2.86. The Kier molecular flexibility index (Phi) is 6.32. The predicted octanol–water partition coefficient (Wildman–Crippen LogP) is 5.75. The fourth-order valence-corrected chi connectivity index (χ4v) is 4.06. The van der Waals surface area contributed by atoms with Crippen LogP contribution < -0.4 is 19.5 Å². The minimum absolute atomic E-state index is 0.255. The molecular weight excluding hydrogens is 447 g/mol. The molecule has 1 aliphatic rings. The van der Waals surface area contributed by atoms with Crippen LogP contribution in [-0.4, -0.2) is 24.1 Å². The van der Waals surface area contributed by atoms with E-state index in [9.17, 15) is 4.79 Å². The first-order valence-corrected chi connectivity index (χ1v) is 10.8.